The molecule has 0 aliphatic heterocycles. The summed E-state index contributed by atoms with van der Waals surface area (Å²) in [6.45, 7) is 0. The number of hydrogen-bond donors (Lipinski definition) is 5. The fourth-order valence-corrected chi connectivity index (χ4v) is 6.89. The van der Waals surface area contributed by atoms with Crippen molar-refractivity contribution in [2.45, 2.75) is 9.79 Å². The Hall–Kier alpha value is -7.23. The van der Waals surface area contributed by atoms with Crippen molar-refractivity contribution in [3.05, 3.63) is 191 Å². The van der Waals surface area contributed by atoms with Crippen LogP contribution < -0.4 is 17.2 Å². The number of benzene rings is 6. The summed E-state index contributed by atoms with van der Waals surface area (Å²) in [6.07, 6.45) is 11.4. The van der Waals surface area contributed by atoms with E-state index >= 15 is 0 Å². The molecule has 298 valence electrons. The van der Waals surface area contributed by atoms with Gasteiger partial charge in [-0.15, -0.1) is 10.2 Å². The number of anilines is 3. The van der Waals surface area contributed by atoms with Crippen LogP contribution in [0.25, 0.3) is 47.6 Å². The van der Waals surface area contributed by atoms with Crippen LogP contribution in [0.2, 0.25) is 0 Å². The molecule has 0 atom stereocenters. The van der Waals surface area contributed by atoms with Crippen molar-refractivity contribution in [3.8, 4) is 11.1 Å². The molecule has 0 radical (unpaired) electrons. The number of nitrogens with zero attached hydrogens (tertiary/aromatic N) is 3. The topological polar surface area (TPSA) is 225 Å². The van der Waals surface area contributed by atoms with Gasteiger partial charge in [0.25, 0.3) is 20.2 Å². The number of nitrogen functional groups attached to an aromatic ring is 3. The molecule has 8 N–H and O–H groups in total. The molecule has 14 heteroatoms. The van der Waals surface area contributed by atoms with Crippen LogP contribution in [-0.2, 0) is 20.2 Å². The summed E-state index contributed by atoms with van der Waals surface area (Å²) >= 11 is 0. The summed E-state index contributed by atoms with van der Waals surface area (Å²) in [7, 11) is -8.79. The molecular weight excluding hydrogens is 785 g/mol. The summed E-state index contributed by atoms with van der Waals surface area (Å²) in [5, 5.41) is 9.92. The van der Waals surface area contributed by atoms with Gasteiger partial charge in [0.15, 0.2) is 11.6 Å². The second-order valence-electron chi connectivity index (χ2n) is 12.5. The predicted molar refractivity (Wildman–Crippen MR) is 237 cm³/mol. The van der Waals surface area contributed by atoms with Crippen molar-refractivity contribution in [2.75, 3.05) is 17.2 Å². The Morgan fingerprint density at radius 3 is 1.05 bits per heavy atom. The maximum Gasteiger partial charge on any atom is 0.295 e. The molecule has 7 rings (SSSR count). The second-order valence-corrected chi connectivity index (χ2v) is 15.3. The zero-order valence-electron chi connectivity index (χ0n) is 31.4. The molecule has 0 aliphatic carbocycles. The number of aromatic nitrogens is 3. The van der Waals surface area contributed by atoms with E-state index in [4.69, 9.17) is 26.3 Å². The van der Waals surface area contributed by atoms with Crippen LogP contribution >= 0.6 is 0 Å². The minimum Gasteiger partial charge on any atom is -0.393 e. The van der Waals surface area contributed by atoms with Crippen LogP contribution in [0.1, 0.15) is 33.4 Å². The first-order chi connectivity index (χ1) is 28.3. The predicted octanol–water partition coefficient (Wildman–Crippen LogP) is 8.66. The normalized spacial score (nSPS) is 11.5. The molecule has 0 fully saturated rings. The summed E-state index contributed by atoms with van der Waals surface area (Å²) in [5.41, 5.74) is 23.5. The molecule has 6 aromatic carbocycles. The minimum atomic E-state index is -4.40. The van der Waals surface area contributed by atoms with E-state index in [-0.39, 0.29) is 38.2 Å². The molecule has 0 saturated carbocycles. The van der Waals surface area contributed by atoms with Gasteiger partial charge in [-0.1, -0.05) is 182 Å². The van der Waals surface area contributed by atoms with Gasteiger partial charge in [0.1, 0.15) is 15.5 Å². The quantitative estimate of drug-likeness (QED) is 0.0681. The molecule has 0 unspecified atom stereocenters. The van der Waals surface area contributed by atoms with Gasteiger partial charge in [0.2, 0.25) is 0 Å². The number of rotatable bonds is 9. The lowest BCUT2D eigenvalue weighted by molar-refractivity contribution is 0.480. The van der Waals surface area contributed by atoms with Crippen molar-refractivity contribution in [3.63, 3.8) is 0 Å². The van der Waals surface area contributed by atoms with Gasteiger partial charge in [0, 0.05) is 0 Å². The lowest BCUT2D eigenvalue weighted by Gasteiger charge is -2.10. The first-order valence-corrected chi connectivity index (χ1v) is 20.6. The highest BCUT2D eigenvalue weighted by atomic mass is 32.2. The van der Waals surface area contributed by atoms with Gasteiger partial charge >= 0.3 is 0 Å². The van der Waals surface area contributed by atoms with E-state index in [2.05, 4.69) is 137 Å². The standard InChI is InChI=1S/C28H22.C14H12O6S2.C3H6N6/c1-3-11-23(12-4-1)19-21-25-15-7-9-17-27(25)28-18-10-8-16-26(28)22-20-24-13-5-2-6-14-24;15-21(16,17)13-7-3-1-5-11(13)9-10-12-6-2-4-8-14(12)22(18,19)20;4-1-2(5)7-9-8-3(1)6/h1-22H;1-10H,(H,15,16,17)(H,18,19,20);(H2,4,9)(H4,5,6,7,8)/b21-19+,22-20+;10-9+;. The van der Waals surface area contributed by atoms with Crippen LogP contribution in [0.4, 0.5) is 17.3 Å². The van der Waals surface area contributed by atoms with Crippen molar-refractivity contribution in [1.82, 2.24) is 15.4 Å². The summed E-state index contributed by atoms with van der Waals surface area (Å²) in [6, 6.07) is 49.4. The van der Waals surface area contributed by atoms with Crippen LogP contribution in [-0.4, -0.2) is 41.4 Å². The van der Waals surface area contributed by atoms with Crippen molar-refractivity contribution >= 4 is 74.0 Å². The van der Waals surface area contributed by atoms with Gasteiger partial charge in [-0.25, -0.2) is 0 Å². The van der Waals surface area contributed by atoms with Crippen LogP contribution in [0.3, 0.4) is 0 Å². The lowest BCUT2D eigenvalue weighted by atomic mass is 9.94. The fraction of sp³-hybridized carbons (Fsp3) is 0. The molecule has 1 aromatic heterocycles. The number of nitrogens with two attached hydrogens (primary N) is 3. The summed E-state index contributed by atoms with van der Waals surface area (Å²) in [5.74, 6) is 0.227. The van der Waals surface area contributed by atoms with Crippen molar-refractivity contribution < 1.29 is 25.9 Å². The van der Waals surface area contributed by atoms with Crippen LogP contribution in [0, 0.1) is 0 Å². The average Bonchev–Trinajstić information content (AvgIpc) is 3.24. The van der Waals surface area contributed by atoms with Crippen LogP contribution in [0.5, 0.6) is 0 Å². The zero-order valence-corrected chi connectivity index (χ0v) is 33.0. The molecule has 12 nitrogen and oxygen atoms in total. The first kappa shape index (κ1) is 42.9. The SMILES string of the molecule is C(=C\c1ccccc1-c1ccccc1/C=C/c1ccccc1)/c1ccccc1.Nc1nnnc(N)c1N.O=S(=O)(O)c1ccccc1/C=C/c1ccccc1S(=O)(=O)O. The Balaban J connectivity index is 0.000000189. The zero-order chi connectivity index (χ0) is 42.3. The van der Waals surface area contributed by atoms with E-state index in [9.17, 15) is 16.8 Å². The largest absolute Gasteiger partial charge is 0.393 e. The smallest absolute Gasteiger partial charge is 0.295 e. The lowest BCUT2D eigenvalue weighted by Crippen LogP contribution is -2.06. The van der Waals surface area contributed by atoms with Gasteiger partial charge in [0.05, 0.1) is 0 Å². The fourth-order valence-electron chi connectivity index (χ4n) is 5.52. The van der Waals surface area contributed by atoms with E-state index in [1.54, 1.807) is 12.1 Å². The summed E-state index contributed by atoms with van der Waals surface area (Å²) < 4.78 is 63.4. The molecule has 0 saturated heterocycles. The molecular formula is C45H40N6O6S2. The molecule has 0 spiro atoms. The third-order valence-corrected chi connectivity index (χ3v) is 10.3. The molecule has 59 heavy (non-hydrogen) atoms. The minimum absolute atomic E-state index is 0.113. The first-order valence-electron chi connectivity index (χ1n) is 17.8. The van der Waals surface area contributed by atoms with E-state index in [0.717, 1.165) is 0 Å². The molecule has 0 aliphatic rings. The van der Waals surface area contributed by atoms with Gasteiger partial charge in [-0.2, -0.15) is 16.8 Å². The highest BCUT2D eigenvalue weighted by molar-refractivity contribution is 7.86. The van der Waals surface area contributed by atoms with E-state index < -0.39 is 20.2 Å². The molecule has 0 bridgehead atoms. The highest BCUT2D eigenvalue weighted by Crippen LogP contribution is 2.30. The van der Waals surface area contributed by atoms with Gasteiger partial charge in [-0.05, 0) is 61.9 Å². The maximum absolute atomic E-state index is 11.3. The Bertz CT molecular complexity index is 2630. The molecule has 0 amide bonds. The van der Waals surface area contributed by atoms with Crippen molar-refractivity contribution in [1.29, 1.82) is 0 Å². The van der Waals surface area contributed by atoms with Crippen molar-refractivity contribution in [2.24, 2.45) is 0 Å². The monoisotopic (exact) mass is 824 g/mol. The van der Waals surface area contributed by atoms with Gasteiger partial charge < -0.3 is 17.2 Å². The Morgan fingerprint density at radius 2 is 0.695 bits per heavy atom. The van der Waals surface area contributed by atoms with Gasteiger partial charge in [-0.3, -0.25) is 9.11 Å². The summed E-state index contributed by atoms with van der Waals surface area (Å²) in [4.78, 5) is -0.592. The van der Waals surface area contributed by atoms with E-state index in [1.165, 1.54) is 81.9 Å². The van der Waals surface area contributed by atoms with E-state index in [0.29, 0.717) is 0 Å². The third-order valence-electron chi connectivity index (χ3n) is 8.41. The van der Waals surface area contributed by atoms with E-state index in [1.807, 2.05) is 12.1 Å². The Labute approximate surface area is 343 Å². The Kier molecular flexibility index (Phi) is 14.7. The number of hydrogen-bond acceptors (Lipinski definition) is 10. The average molecular weight is 825 g/mol. The highest BCUT2D eigenvalue weighted by Gasteiger charge is 2.15. The maximum atomic E-state index is 11.3. The Morgan fingerprint density at radius 1 is 0.390 bits per heavy atom. The second kappa shape index (κ2) is 20.3. The third kappa shape index (κ3) is 12.6. The molecule has 7 aromatic rings. The molecule has 1 heterocycles. The van der Waals surface area contributed by atoms with Crippen LogP contribution in [0.15, 0.2) is 168 Å².